The molecule has 16 heavy (non-hydrogen) atoms. The molecule has 0 aliphatic rings. The molecule has 0 atom stereocenters. The smallest absolute Gasteiger partial charge is 0.185 e. The summed E-state index contributed by atoms with van der Waals surface area (Å²) in [6.45, 7) is 0. The van der Waals surface area contributed by atoms with E-state index in [-0.39, 0.29) is 22.1 Å². The summed E-state index contributed by atoms with van der Waals surface area (Å²) >= 11 is 8.85. The van der Waals surface area contributed by atoms with Crippen molar-refractivity contribution >= 4 is 33.8 Å². The number of furan rings is 1. The van der Waals surface area contributed by atoms with Gasteiger partial charge in [-0.3, -0.25) is 4.79 Å². The maximum Gasteiger partial charge on any atom is 0.185 e. The average Bonchev–Trinajstić information content (AvgIpc) is 2.74. The highest BCUT2D eigenvalue weighted by molar-refractivity contribution is 9.10. The van der Waals surface area contributed by atoms with Gasteiger partial charge in [0.15, 0.2) is 17.9 Å². The molecule has 5 heteroatoms. The van der Waals surface area contributed by atoms with Gasteiger partial charge in [-0.05, 0) is 40.2 Å². The Balaban J connectivity index is 2.56. The SMILES string of the molecule is O=Cc1ccc(-c2ccc(Br)c(Cl)c2F)o1. The lowest BCUT2D eigenvalue weighted by Gasteiger charge is -2.02. The first-order chi connectivity index (χ1) is 7.63. The monoisotopic (exact) mass is 302 g/mol. The van der Waals surface area contributed by atoms with Gasteiger partial charge in [-0.1, -0.05) is 11.6 Å². The van der Waals surface area contributed by atoms with Gasteiger partial charge in [-0.25, -0.2) is 4.39 Å². The van der Waals surface area contributed by atoms with Crippen LogP contribution in [0.1, 0.15) is 10.6 Å². The van der Waals surface area contributed by atoms with Crippen molar-refractivity contribution < 1.29 is 13.6 Å². The van der Waals surface area contributed by atoms with Crippen molar-refractivity contribution in [1.29, 1.82) is 0 Å². The number of hydrogen-bond acceptors (Lipinski definition) is 2. The summed E-state index contributed by atoms with van der Waals surface area (Å²) in [5, 5.41) is -0.0125. The van der Waals surface area contributed by atoms with E-state index in [1.54, 1.807) is 6.07 Å². The van der Waals surface area contributed by atoms with Gasteiger partial charge < -0.3 is 4.42 Å². The molecule has 1 aromatic heterocycles. The van der Waals surface area contributed by atoms with E-state index in [0.29, 0.717) is 10.8 Å². The maximum atomic E-state index is 13.8. The van der Waals surface area contributed by atoms with E-state index in [2.05, 4.69) is 15.9 Å². The van der Waals surface area contributed by atoms with E-state index in [9.17, 15) is 9.18 Å². The van der Waals surface area contributed by atoms with Crippen molar-refractivity contribution in [2.45, 2.75) is 0 Å². The molecule has 1 heterocycles. The minimum Gasteiger partial charge on any atom is -0.453 e. The fourth-order valence-corrected chi connectivity index (χ4v) is 1.75. The number of benzene rings is 1. The molecule has 2 rings (SSSR count). The molecular formula is C11H5BrClFO2. The minimum absolute atomic E-state index is 0.0125. The van der Waals surface area contributed by atoms with Crippen LogP contribution in [0.5, 0.6) is 0 Å². The Morgan fingerprint density at radius 2 is 2.06 bits per heavy atom. The van der Waals surface area contributed by atoms with Gasteiger partial charge in [0, 0.05) is 4.47 Å². The Morgan fingerprint density at radius 1 is 1.31 bits per heavy atom. The predicted octanol–water partition coefficient (Wildman–Crippen LogP) is 4.31. The van der Waals surface area contributed by atoms with Crippen LogP contribution >= 0.6 is 27.5 Å². The van der Waals surface area contributed by atoms with Gasteiger partial charge in [0.2, 0.25) is 0 Å². The summed E-state index contributed by atoms with van der Waals surface area (Å²) in [5.41, 5.74) is 0.223. The van der Waals surface area contributed by atoms with Gasteiger partial charge in [-0.15, -0.1) is 0 Å². The first kappa shape index (κ1) is 11.4. The second-order valence-electron chi connectivity index (χ2n) is 3.04. The molecule has 2 nitrogen and oxygen atoms in total. The summed E-state index contributed by atoms with van der Waals surface area (Å²) in [4.78, 5) is 10.4. The van der Waals surface area contributed by atoms with E-state index in [0.717, 1.165) is 0 Å². The molecule has 0 spiro atoms. The second-order valence-corrected chi connectivity index (χ2v) is 4.28. The lowest BCUT2D eigenvalue weighted by atomic mass is 10.1. The summed E-state index contributed by atoms with van der Waals surface area (Å²) in [6.07, 6.45) is 0.557. The van der Waals surface area contributed by atoms with Crippen LogP contribution in [-0.2, 0) is 0 Å². The third kappa shape index (κ3) is 1.90. The van der Waals surface area contributed by atoms with E-state index < -0.39 is 5.82 Å². The fraction of sp³-hybridized carbons (Fsp3) is 0. The van der Waals surface area contributed by atoms with E-state index in [4.69, 9.17) is 16.0 Å². The van der Waals surface area contributed by atoms with Crippen LogP contribution in [0.15, 0.2) is 33.2 Å². The van der Waals surface area contributed by atoms with Crippen molar-refractivity contribution in [2.75, 3.05) is 0 Å². The number of hydrogen-bond donors (Lipinski definition) is 0. The van der Waals surface area contributed by atoms with Crippen molar-refractivity contribution in [3.05, 3.63) is 45.3 Å². The Morgan fingerprint density at radius 3 is 2.69 bits per heavy atom. The Kier molecular flexibility index (Phi) is 3.12. The summed E-state index contributed by atoms with van der Waals surface area (Å²) in [7, 11) is 0. The van der Waals surface area contributed by atoms with Crippen LogP contribution in [-0.4, -0.2) is 6.29 Å². The lowest BCUT2D eigenvalue weighted by molar-refractivity contribution is 0.110. The van der Waals surface area contributed by atoms with Crippen LogP contribution in [0.4, 0.5) is 4.39 Å². The zero-order valence-corrected chi connectivity index (χ0v) is 10.2. The molecule has 0 saturated carbocycles. The highest BCUT2D eigenvalue weighted by Gasteiger charge is 2.14. The van der Waals surface area contributed by atoms with Crippen molar-refractivity contribution in [3.63, 3.8) is 0 Å². The number of carbonyl (C=O) groups is 1. The molecule has 2 aromatic rings. The third-order valence-electron chi connectivity index (χ3n) is 2.04. The molecule has 82 valence electrons. The minimum atomic E-state index is -0.581. The highest BCUT2D eigenvalue weighted by atomic mass is 79.9. The molecule has 0 bridgehead atoms. The van der Waals surface area contributed by atoms with E-state index >= 15 is 0 Å². The summed E-state index contributed by atoms with van der Waals surface area (Å²) in [6, 6.07) is 6.13. The molecule has 0 N–H and O–H groups in total. The number of rotatable bonds is 2. The molecule has 0 fully saturated rings. The van der Waals surface area contributed by atoms with Crippen LogP contribution in [0, 0.1) is 5.82 Å². The van der Waals surface area contributed by atoms with Gasteiger partial charge in [0.1, 0.15) is 5.76 Å². The molecule has 1 aromatic carbocycles. The van der Waals surface area contributed by atoms with Gasteiger partial charge in [-0.2, -0.15) is 0 Å². The van der Waals surface area contributed by atoms with E-state index in [1.807, 2.05) is 0 Å². The Hall–Kier alpha value is -1.13. The highest BCUT2D eigenvalue weighted by Crippen LogP contribution is 2.33. The first-order valence-corrected chi connectivity index (χ1v) is 5.49. The normalized spacial score (nSPS) is 10.4. The average molecular weight is 304 g/mol. The molecule has 0 amide bonds. The second kappa shape index (κ2) is 4.39. The molecule has 0 unspecified atom stereocenters. The van der Waals surface area contributed by atoms with Crippen LogP contribution in [0.3, 0.4) is 0 Å². The first-order valence-electron chi connectivity index (χ1n) is 4.32. The van der Waals surface area contributed by atoms with Gasteiger partial charge >= 0.3 is 0 Å². The van der Waals surface area contributed by atoms with Crippen molar-refractivity contribution in [2.24, 2.45) is 0 Å². The fourth-order valence-electron chi connectivity index (χ4n) is 1.28. The largest absolute Gasteiger partial charge is 0.453 e. The van der Waals surface area contributed by atoms with Crippen molar-refractivity contribution in [1.82, 2.24) is 0 Å². The van der Waals surface area contributed by atoms with Crippen LogP contribution in [0.25, 0.3) is 11.3 Å². The molecule has 0 aliphatic heterocycles. The summed E-state index contributed by atoms with van der Waals surface area (Å²) < 4.78 is 19.3. The van der Waals surface area contributed by atoms with Crippen LogP contribution in [0.2, 0.25) is 5.02 Å². The molecule has 0 saturated heterocycles. The van der Waals surface area contributed by atoms with Gasteiger partial charge in [0.25, 0.3) is 0 Å². The van der Waals surface area contributed by atoms with Gasteiger partial charge in [0.05, 0.1) is 10.6 Å². The molecular weight excluding hydrogens is 298 g/mol. The Labute approximate surface area is 104 Å². The number of carbonyl (C=O) groups excluding carboxylic acids is 1. The topological polar surface area (TPSA) is 30.2 Å². The standard InChI is InChI=1S/C11H5BrClFO2/c12-8-3-2-7(11(14)10(8)13)9-4-1-6(5-15)16-9/h1-5H. The number of halogens is 3. The van der Waals surface area contributed by atoms with Crippen molar-refractivity contribution in [3.8, 4) is 11.3 Å². The number of aldehydes is 1. The van der Waals surface area contributed by atoms with E-state index in [1.165, 1.54) is 18.2 Å². The zero-order valence-electron chi connectivity index (χ0n) is 7.84. The zero-order chi connectivity index (χ0) is 11.7. The maximum absolute atomic E-state index is 13.8. The summed E-state index contributed by atoms with van der Waals surface area (Å²) in [5.74, 6) is -0.162. The molecule has 0 aliphatic carbocycles. The Bertz CT molecular complexity index is 551. The lowest BCUT2D eigenvalue weighted by Crippen LogP contribution is -1.85. The molecule has 0 radical (unpaired) electrons. The predicted molar refractivity (Wildman–Crippen MR) is 62.2 cm³/mol. The third-order valence-corrected chi connectivity index (χ3v) is 3.30. The quantitative estimate of drug-likeness (QED) is 0.611. The van der Waals surface area contributed by atoms with Crippen LogP contribution < -0.4 is 0 Å².